The maximum absolute atomic E-state index is 13.0. The molecule has 10 nitrogen and oxygen atoms in total. The Labute approximate surface area is 246 Å². The van der Waals surface area contributed by atoms with Crippen LogP contribution in [0.2, 0.25) is 0 Å². The van der Waals surface area contributed by atoms with Gasteiger partial charge >= 0.3 is 5.97 Å². The van der Waals surface area contributed by atoms with Crippen LogP contribution in [0.25, 0.3) is 11.1 Å². The molecule has 3 aromatic rings. The lowest BCUT2D eigenvalue weighted by atomic mass is 9.97. The summed E-state index contributed by atoms with van der Waals surface area (Å²) in [6, 6.07) is 16.7. The number of aliphatic carboxylic acids is 1. The monoisotopic (exact) mass is 595 g/mol. The highest BCUT2D eigenvalue weighted by Gasteiger charge is 2.23. The van der Waals surface area contributed by atoms with Gasteiger partial charge in [-0.1, -0.05) is 42.8 Å². The van der Waals surface area contributed by atoms with E-state index in [-0.39, 0.29) is 11.7 Å². The topological polar surface area (TPSA) is 155 Å². The maximum atomic E-state index is 13.0. The van der Waals surface area contributed by atoms with E-state index >= 15 is 0 Å². The minimum absolute atomic E-state index is 0.0734. The number of nitrogens with zero attached hydrogens (tertiary/aromatic N) is 1. The van der Waals surface area contributed by atoms with Gasteiger partial charge in [-0.25, -0.2) is 13.1 Å². The molecule has 1 atom stereocenters. The zero-order chi connectivity index (χ0) is 30.0. The fraction of sp³-hybridized carbons (Fsp3) is 0.387. The molecule has 1 heterocycles. The summed E-state index contributed by atoms with van der Waals surface area (Å²) >= 11 is 0. The van der Waals surface area contributed by atoms with Gasteiger partial charge in [0.15, 0.2) is 0 Å². The first-order valence-corrected chi connectivity index (χ1v) is 15.8. The highest BCUT2D eigenvalue weighted by atomic mass is 32.2. The van der Waals surface area contributed by atoms with Gasteiger partial charge in [-0.2, -0.15) is 0 Å². The Hall–Kier alpha value is -3.80. The molecule has 224 valence electrons. The molecule has 4 N–H and O–H groups in total. The van der Waals surface area contributed by atoms with E-state index in [4.69, 9.17) is 9.84 Å². The molecule has 0 saturated heterocycles. The number of ether oxygens (including phenoxy) is 1. The Bertz CT molecular complexity index is 1440. The summed E-state index contributed by atoms with van der Waals surface area (Å²) in [5, 5.41) is 22.3. The van der Waals surface area contributed by atoms with Crippen LogP contribution in [0.4, 0.5) is 0 Å². The van der Waals surface area contributed by atoms with Crippen molar-refractivity contribution in [2.24, 2.45) is 0 Å². The van der Waals surface area contributed by atoms with Crippen LogP contribution in [-0.4, -0.2) is 60.4 Å². The fourth-order valence-electron chi connectivity index (χ4n) is 4.84. The zero-order valence-electron chi connectivity index (χ0n) is 23.4. The average molecular weight is 596 g/mol. The van der Waals surface area contributed by atoms with Crippen molar-refractivity contribution in [1.29, 1.82) is 0 Å². The lowest BCUT2D eigenvalue weighted by Gasteiger charge is -2.24. The van der Waals surface area contributed by atoms with E-state index in [9.17, 15) is 23.1 Å². The second-order valence-electron chi connectivity index (χ2n) is 10.4. The molecule has 1 amide bonds. The van der Waals surface area contributed by atoms with Crippen LogP contribution in [0.3, 0.4) is 0 Å². The molecule has 0 bridgehead atoms. The Morgan fingerprint density at radius 1 is 1.02 bits per heavy atom. The summed E-state index contributed by atoms with van der Waals surface area (Å²) in [6.07, 6.45) is 7.66. The van der Waals surface area contributed by atoms with Crippen LogP contribution in [-0.2, 0) is 21.2 Å². The van der Waals surface area contributed by atoms with Gasteiger partial charge in [0, 0.05) is 24.5 Å². The van der Waals surface area contributed by atoms with Crippen molar-refractivity contribution in [1.82, 2.24) is 15.0 Å². The van der Waals surface area contributed by atoms with Crippen LogP contribution >= 0.6 is 0 Å². The largest absolute Gasteiger partial charge is 0.490 e. The van der Waals surface area contributed by atoms with Crippen molar-refractivity contribution in [3.05, 3.63) is 83.7 Å². The van der Waals surface area contributed by atoms with Crippen molar-refractivity contribution in [2.75, 3.05) is 18.8 Å². The van der Waals surface area contributed by atoms with Gasteiger partial charge in [0.05, 0.1) is 29.9 Å². The Kier molecular flexibility index (Phi) is 11.0. The molecule has 4 rings (SSSR count). The first-order chi connectivity index (χ1) is 20.2. The van der Waals surface area contributed by atoms with Gasteiger partial charge in [-0.05, 0) is 73.5 Å². The number of aliphatic hydroxyl groups is 1. The van der Waals surface area contributed by atoms with Crippen molar-refractivity contribution in [3.63, 3.8) is 0 Å². The molecule has 0 radical (unpaired) electrons. The molecule has 1 fully saturated rings. The molecule has 0 aliphatic heterocycles. The number of aliphatic hydroxyl groups excluding tert-OH is 1. The second kappa shape index (κ2) is 14.9. The third-order valence-electron chi connectivity index (χ3n) is 7.19. The molecule has 1 aliphatic rings. The number of carboxylic acid groups (broad SMARTS) is 1. The summed E-state index contributed by atoms with van der Waals surface area (Å²) in [5.74, 6) is -2.52. The Balaban J connectivity index is 1.42. The van der Waals surface area contributed by atoms with E-state index in [1.807, 2.05) is 35.1 Å². The standard InChI is InChI=1S/C31H37N3O7S/c35-28(25-5-4-16-32-20-25)21-33-17-14-22-8-10-23(11-9-22)24-12-13-27(29(19-24)41-26-6-2-1-3-7-26)31(38)34-42(39,40)18-15-30(36)37/h4-5,8-13,16,19-20,26,28,33,35H,1-3,6-7,14-15,17-18,21H2,(H,34,38)(H,36,37)/t28-/m0/s1. The third-order valence-corrected chi connectivity index (χ3v) is 8.43. The molecular formula is C31H37N3O7S. The van der Waals surface area contributed by atoms with Crippen molar-refractivity contribution in [2.45, 2.75) is 57.2 Å². The number of nitrogens with one attached hydrogen (secondary N) is 2. The van der Waals surface area contributed by atoms with Gasteiger partial charge in [0.1, 0.15) is 5.75 Å². The number of benzene rings is 2. The van der Waals surface area contributed by atoms with Crippen LogP contribution in [0.5, 0.6) is 5.75 Å². The fourth-order valence-corrected chi connectivity index (χ4v) is 5.78. The van der Waals surface area contributed by atoms with Gasteiger partial charge in [-0.3, -0.25) is 14.6 Å². The molecule has 0 spiro atoms. The highest BCUT2D eigenvalue weighted by molar-refractivity contribution is 7.90. The number of carboxylic acids is 1. The molecule has 1 aromatic heterocycles. The lowest BCUT2D eigenvalue weighted by molar-refractivity contribution is -0.136. The Morgan fingerprint density at radius 2 is 1.76 bits per heavy atom. The molecule has 42 heavy (non-hydrogen) atoms. The molecule has 11 heteroatoms. The van der Waals surface area contributed by atoms with Gasteiger partial charge in [0.2, 0.25) is 10.0 Å². The normalized spacial score (nSPS) is 14.7. The number of pyridine rings is 1. The number of hydrogen-bond donors (Lipinski definition) is 4. The summed E-state index contributed by atoms with van der Waals surface area (Å²) in [5.41, 5.74) is 3.69. The number of amides is 1. The number of sulfonamides is 1. The molecule has 1 saturated carbocycles. The van der Waals surface area contributed by atoms with E-state index in [2.05, 4.69) is 10.3 Å². The lowest BCUT2D eigenvalue weighted by Crippen LogP contribution is -2.33. The van der Waals surface area contributed by atoms with Gasteiger partial charge in [0.25, 0.3) is 5.91 Å². The number of hydrogen-bond acceptors (Lipinski definition) is 8. The second-order valence-corrected chi connectivity index (χ2v) is 12.3. The number of carbonyl (C=O) groups excluding carboxylic acids is 1. The van der Waals surface area contributed by atoms with E-state index in [0.29, 0.717) is 18.8 Å². The molecular weight excluding hydrogens is 558 g/mol. The number of carbonyl (C=O) groups is 2. The van der Waals surface area contributed by atoms with E-state index in [1.165, 1.54) is 0 Å². The van der Waals surface area contributed by atoms with Crippen molar-refractivity contribution in [3.8, 4) is 16.9 Å². The number of rotatable bonds is 14. The van der Waals surface area contributed by atoms with Crippen LogP contribution in [0.15, 0.2) is 67.0 Å². The smallest absolute Gasteiger partial charge is 0.304 e. The maximum Gasteiger partial charge on any atom is 0.304 e. The van der Waals surface area contributed by atoms with Crippen LogP contribution < -0.4 is 14.8 Å². The molecule has 2 aromatic carbocycles. The average Bonchev–Trinajstić information content (AvgIpc) is 2.99. The summed E-state index contributed by atoms with van der Waals surface area (Å²) in [6.45, 7) is 1.11. The summed E-state index contributed by atoms with van der Waals surface area (Å²) < 4.78 is 32.8. The first kappa shape index (κ1) is 31.1. The zero-order valence-corrected chi connectivity index (χ0v) is 24.2. The highest BCUT2D eigenvalue weighted by Crippen LogP contribution is 2.31. The molecule has 0 unspecified atom stereocenters. The quantitative estimate of drug-likeness (QED) is 0.203. The predicted octanol–water partition coefficient (Wildman–Crippen LogP) is 3.86. The predicted molar refractivity (Wildman–Crippen MR) is 159 cm³/mol. The summed E-state index contributed by atoms with van der Waals surface area (Å²) in [4.78, 5) is 27.8. The van der Waals surface area contributed by atoms with E-state index in [1.54, 1.807) is 36.7 Å². The van der Waals surface area contributed by atoms with Crippen molar-refractivity contribution >= 4 is 21.9 Å². The summed E-state index contributed by atoms with van der Waals surface area (Å²) in [7, 11) is -4.13. The Morgan fingerprint density at radius 3 is 2.45 bits per heavy atom. The van der Waals surface area contributed by atoms with E-state index in [0.717, 1.165) is 60.8 Å². The van der Waals surface area contributed by atoms with Crippen molar-refractivity contribution < 1.29 is 33.0 Å². The SMILES string of the molecule is O=C(O)CCS(=O)(=O)NC(=O)c1ccc(-c2ccc(CCNC[C@H](O)c3cccnc3)cc2)cc1OC1CCCCC1. The van der Waals surface area contributed by atoms with Crippen LogP contribution in [0.1, 0.15) is 66.1 Å². The minimum atomic E-state index is -4.13. The first-order valence-electron chi connectivity index (χ1n) is 14.2. The third kappa shape index (κ3) is 9.37. The van der Waals surface area contributed by atoms with E-state index < -0.39 is 40.2 Å². The minimum Gasteiger partial charge on any atom is -0.490 e. The molecule has 1 aliphatic carbocycles. The number of aromatic nitrogens is 1. The van der Waals surface area contributed by atoms with Gasteiger partial charge < -0.3 is 20.3 Å². The van der Waals surface area contributed by atoms with Crippen LogP contribution in [0, 0.1) is 0 Å². The van der Waals surface area contributed by atoms with Gasteiger partial charge in [-0.15, -0.1) is 0 Å².